The van der Waals surface area contributed by atoms with E-state index in [0.29, 0.717) is 0 Å². The van der Waals surface area contributed by atoms with Crippen molar-refractivity contribution in [1.82, 2.24) is 0 Å². The topological polar surface area (TPSA) is 113 Å². The van der Waals surface area contributed by atoms with Crippen LogP contribution in [0.3, 0.4) is 0 Å². The molecule has 1 aromatic rings. The molecule has 0 N–H and O–H groups in total. The van der Waals surface area contributed by atoms with Crippen molar-refractivity contribution in [2.45, 2.75) is 0 Å². The Hall–Kier alpha value is -1.33. The first kappa shape index (κ1) is 36.5. The quantitative estimate of drug-likeness (QED) is 0.478. The molecule has 0 saturated carbocycles. The van der Waals surface area contributed by atoms with Gasteiger partial charge in [0, 0.05) is 21.1 Å². The molecule has 0 aliphatic heterocycles. The Kier molecular flexibility index (Phi) is 372. The first-order chi connectivity index (χ1) is 7.50. The summed E-state index contributed by atoms with van der Waals surface area (Å²) in [7, 11) is 0. The summed E-state index contributed by atoms with van der Waals surface area (Å²) < 4.78 is 42.1. The molecule has 0 aliphatic carbocycles. The number of hydrogen-bond donors (Lipinski definition) is 0. The average molecular weight is 392 g/mol. The molecular formula is C9H4O6W. The van der Waals surface area contributed by atoms with E-state index < -0.39 is 0 Å². The summed E-state index contributed by atoms with van der Waals surface area (Å²) in [6.07, 6.45) is 3.25. The Morgan fingerprint density at radius 2 is 0.750 bits per heavy atom. The van der Waals surface area contributed by atoms with Crippen LogP contribution in [0.15, 0.2) is 29.1 Å². The molecule has 1 heterocycles. The first-order valence-electron chi connectivity index (χ1n) is 2.49. The fraction of sp³-hybridized carbons (Fsp3) is 0. The molecule has 0 bridgehead atoms. The molecule has 0 amide bonds. The molecule has 0 spiro atoms. The molecule has 0 aromatic carbocycles. The minimum absolute atomic E-state index is 0. The second-order valence-electron chi connectivity index (χ2n) is 0.793. The van der Waals surface area contributed by atoms with Crippen molar-refractivity contribution in [2.75, 3.05) is 0 Å². The van der Waals surface area contributed by atoms with Gasteiger partial charge < -0.3 is 4.42 Å². The van der Waals surface area contributed by atoms with E-state index in [0.717, 1.165) is 0 Å². The van der Waals surface area contributed by atoms with E-state index in [-0.39, 0.29) is 21.1 Å². The summed E-state index contributed by atoms with van der Waals surface area (Å²) in [4.78, 5) is 0. The Bertz CT molecular complexity index is 191. The molecule has 0 aliphatic rings. The van der Waals surface area contributed by atoms with Gasteiger partial charge in [-0.05, 0) is 12.1 Å². The standard InChI is InChI=1S/C4H4O.5CO.W/c1-2-4-5-3-1;5*1-2;/h1-4H;;;;;;. The van der Waals surface area contributed by atoms with Crippen LogP contribution in [0.5, 0.6) is 0 Å². The van der Waals surface area contributed by atoms with Crippen molar-refractivity contribution >= 4 is 0 Å². The Balaban J connectivity index is -0.0000000203. The van der Waals surface area contributed by atoms with E-state index in [1.165, 1.54) is 0 Å². The van der Waals surface area contributed by atoms with Crippen molar-refractivity contribution in [3.63, 3.8) is 0 Å². The molecule has 1 rings (SSSR count). The normalized spacial score (nSPS) is 3.12. The summed E-state index contributed by atoms with van der Waals surface area (Å²) in [5, 5.41) is 0. The van der Waals surface area contributed by atoms with E-state index in [1.54, 1.807) is 12.5 Å². The molecule has 0 fully saturated rings. The number of hydrogen-bond acceptors (Lipinski definition) is 1. The molecule has 82 valence electrons. The van der Waals surface area contributed by atoms with Gasteiger partial charge in [-0.15, -0.1) is 0 Å². The molecule has 0 atom stereocenters. The number of furan rings is 1. The molecule has 7 heteroatoms. The van der Waals surface area contributed by atoms with E-state index in [9.17, 15) is 0 Å². The van der Waals surface area contributed by atoms with Gasteiger partial charge in [-0.1, -0.05) is 0 Å². The molecular weight excluding hydrogens is 388 g/mol. The van der Waals surface area contributed by atoms with Crippen molar-refractivity contribution in [3.8, 4) is 0 Å². The summed E-state index contributed by atoms with van der Waals surface area (Å²) >= 11 is 0. The number of rotatable bonds is 0. The Labute approximate surface area is 107 Å². The van der Waals surface area contributed by atoms with Gasteiger partial charge in [0.05, 0.1) is 12.5 Å². The maximum absolute atomic E-state index is 7.50. The van der Waals surface area contributed by atoms with E-state index in [4.69, 9.17) is 23.3 Å². The third-order valence-corrected chi connectivity index (χ3v) is 0.425. The van der Waals surface area contributed by atoms with Crippen LogP contribution in [-0.2, 0) is 44.3 Å². The maximum atomic E-state index is 7.50. The fourth-order valence-electron chi connectivity index (χ4n) is 0.227. The second kappa shape index (κ2) is 163. The first-order valence-corrected chi connectivity index (χ1v) is 2.49. The zero-order valence-corrected chi connectivity index (χ0v) is 10.6. The SMILES string of the molecule is [C-]#[O+].[C-]#[O+].[C-]#[O+].[C-]#[O+].[C-]#[O+].[W].c1ccoc1. The summed E-state index contributed by atoms with van der Waals surface area (Å²) in [6.45, 7) is 22.5. The zero-order valence-electron chi connectivity index (χ0n) is 7.67. The molecule has 1 aromatic heterocycles. The summed E-state index contributed by atoms with van der Waals surface area (Å²) in [6, 6.07) is 3.67. The molecule has 6 nitrogen and oxygen atoms in total. The van der Waals surface area contributed by atoms with Gasteiger partial charge in [-0.25, -0.2) is 0 Å². The van der Waals surface area contributed by atoms with Crippen molar-refractivity contribution in [3.05, 3.63) is 57.9 Å². The van der Waals surface area contributed by atoms with Crippen LogP contribution in [-0.4, -0.2) is 0 Å². The van der Waals surface area contributed by atoms with Crippen LogP contribution in [0.1, 0.15) is 0 Å². The van der Waals surface area contributed by atoms with Crippen LogP contribution in [0.4, 0.5) is 0 Å². The van der Waals surface area contributed by atoms with Crippen molar-refractivity contribution in [2.24, 2.45) is 0 Å². The van der Waals surface area contributed by atoms with E-state index >= 15 is 0 Å². The summed E-state index contributed by atoms with van der Waals surface area (Å²) in [5.74, 6) is 0. The van der Waals surface area contributed by atoms with Gasteiger partial charge in [0.2, 0.25) is 0 Å². The van der Waals surface area contributed by atoms with Crippen LogP contribution in [0.25, 0.3) is 0 Å². The second-order valence-corrected chi connectivity index (χ2v) is 0.793. The molecule has 16 heavy (non-hydrogen) atoms. The monoisotopic (exact) mass is 392 g/mol. The van der Waals surface area contributed by atoms with Crippen molar-refractivity contribution in [1.29, 1.82) is 0 Å². The summed E-state index contributed by atoms with van der Waals surface area (Å²) in [5.41, 5.74) is 0. The predicted molar refractivity (Wildman–Crippen MR) is 38.4 cm³/mol. The molecule has 0 unspecified atom stereocenters. The van der Waals surface area contributed by atoms with Crippen LogP contribution in [0, 0.1) is 33.3 Å². The Morgan fingerprint density at radius 3 is 0.812 bits per heavy atom. The maximum Gasteiger partial charge on any atom is 0.0902 e. The fourth-order valence-corrected chi connectivity index (χ4v) is 0.227. The third kappa shape index (κ3) is 128. The minimum atomic E-state index is 0. The van der Waals surface area contributed by atoms with Crippen LogP contribution >= 0.6 is 0 Å². The van der Waals surface area contributed by atoms with Crippen LogP contribution < -0.4 is 0 Å². The average Bonchev–Trinajstić information content (AvgIpc) is 3.00. The van der Waals surface area contributed by atoms with Crippen LogP contribution in [0.2, 0.25) is 0 Å². The minimum Gasteiger partial charge on any atom is -0.473 e. The Morgan fingerprint density at radius 1 is 0.562 bits per heavy atom. The smallest absolute Gasteiger partial charge is 0.0902 e. The van der Waals surface area contributed by atoms with Gasteiger partial charge >= 0.3 is 56.5 Å². The third-order valence-electron chi connectivity index (χ3n) is 0.425. The largest absolute Gasteiger partial charge is 0.473 e. The van der Waals surface area contributed by atoms with Gasteiger partial charge in [0.1, 0.15) is 0 Å². The van der Waals surface area contributed by atoms with E-state index in [2.05, 4.69) is 37.7 Å². The molecule has 0 saturated heterocycles. The molecule has 0 radical (unpaired) electrons. The van der Waals surface area contributed by atoms with Gasteiger partial charge in [-0.2, -0.15) is 0 Å². The predicted octanol–water partition coefficient (Wildman–Crippen LogP) is 1.09. The van der Waals surface area contributed by atoms with Gasteiger partial charge in [0.25, 0.3) is 0 Å². The van der Waals surface area contributed by atoms with Gasteiger partial charge in [0.15, 0.2) is 0 Å². The van der Waals surface area contributed by atoms with Crippen molar-refractivity contribution < 1.29 is 48.7 Å². The zero-order chi connectivity index (χ0) is 13.5. The van der Waals surface area contributed by atoms with E-state index in [1.807, 2.05) is 12.1 Å². The van der Waals surface area contributed by atoms with Gasteiger partial charge in [-0.3, -0.25) is 0 Å².